The zero-order valence-corrected chi connectivity index (χ0v) is 12.7. The van der Waals surface area contributed by atoms with Gasteiger partial charge in [-0.2, -0.15) is 11.8 Å². The summed E-state index contributed by atoms with van der Waals surface area (Å²) in [6.07, 6.45) is 3.52. The van der Waals surface area contributed by atoms with Gasteiger partial charge >= 0.3 is 0 Å². The van der Waals surface area contributed by atoms with Gasteiger partial charge in [0.1, 0.15) is 0 Å². The first kappa shape index (κ1) is 14.7. The summed E-state index contributed by atoms with van der Waals surface area (Å²) in [6, 6.07) is 4.91. The van der Waals surface area contributed by atoms with Gasteiger partial charge in [0, 0.05) is 17.5 Å². The van der Waals surface area contributed by atoms with E-state index in [1.54, 1.807) is 12.1 Å². The zero-order valence-electron chi connectivity index (χ0n) is 11.1. The molecule has 0 saturated carbocycles. The lowest BCUT2D eigenvalue weighted by molar-refractivity contribution is 0.573. The molecule has 0 aliphatic carbocycles. The molecule has 3 N–H and O–H groups in total. The molecule has 1 unspecified atom stereocenters. The van der Waals surface area contributed by atoms with Gasteiger partial charge in [-0.25, -0.2) is 13.1 Å². The zero-order chi connectivity index (χ0) is 13.9. The van der Waals surface area contributed by atoms with Gasteiger partial charge in [-0.15, -0.1) is 0 Å². The molecule has 1 aromatic carbocycles. The van der Waals surface area contributed by atoms with Crippen molar-refractivity contribution in [3.8, 4) is 0 Å². The van der Waals surface area contributed by atoms with Crippen LogP contribution in [0.15, 0.2) is 23.1 Å². The Balaban J connectivity index is 2.04. The first-order valence-electron chi connectivity index (χ1n) is 6.46. The number of rotatable bonds is 4. The van der Waals surface area contributed by atoms with Crippen LogP contribution in [0.25, 0.3) is 0 Å². The molecule has 4 nitrogen and oxygen atoms in total. The van der Waals surface area contributed by atoms with Gasteiger partial charge in [0.25, 0.3) is 0 Å². The maximum atomic E-state index is 12.2. The van der Waals surface area contributed by atoms with Crippen molar-refractivity contribution in [2.45, 2.75) is 36.3 Å². The van der Waals surface area contributed by atoms with Crippen LogP contribution in [0.2, 0.25) is 0 Å². The van der Waals surface area contributed by atoms with Crippen LogP contribution in [0.1, 0.15) is 24.8 Å². The fraction of sp³-hybridized carbons (Fsp3) is 0.538. The van der Waals surface area contributed by atoms with Gasteiger partial charge in [-0.1, -0.05) is 6.42 Å². The molecule has 1 aliphatic heterocycles. The maximum Gasteiger partial charge on any atom is 0.240 e. The largest absolute Gasteiger partial charge is 0.399 e. The Morgan fingerprint density at radius 1 is 1.37 bits per heavy atom. The third-order valence-electron chi connectivity index (χ3n) is 3.16. The van der Waals surface area contributed by atoms with Crippen molar-refractivity contribution in [3.05, 3.63) is 23.8 Å². The van der Waals surface area contributed by atoms with Crippen LogP contribution in [-0.4, -0.2) is 26.0 Å². The molecule has 0 spiro atoms. The molecule has 0 radical (unpaired) electrons. The standard InChI is InChI=1S/C13H20N2O2S2/c1-10-6-11(14)8-13(7-10)19(16,17)15-9-12-4-2-3-5-18-12/h6-8,12,15H,2-5,9,14H2,1H3. The Labute approximate surface area is 119 Å². The van der Waals surface area contributed by atoms with Gasteiger partial charge in [0.2, 0.25) is 10.0 Å². The third kappa shape index (κ3) is 4.12. The van der Waals surface area contributed by atoms with Crippen LogP contribution in [0.5, 0.6) is 0 Å². The molecule has 0 amide bonds. The normalized spacial score (nSPS) is 20.4. The van der Waals surface area contributed by atoms with E-state index in [2.05, 4.69) is 4.72 Å². The van der Waals surface area contributed by atoms with E-state index in [0.29, 0.717) is 17.5 Å². The van der Waals surface area contributed by atoms with Crippen LogP contribution >= 0.6 is 11.8 Å². The second-order valence-corrected chi connectivity index (χ2v) is 8.10. The van der Waals surface area contributed by atoms with E-state index in [9.17, 15) is 8.42 Å². The number of nitrogens with one attached hydrogen (secondary N) is 1. The number of hydrogen-bond donors (Lipinski definition) is 2. The van der Waals surface area contributed by atoms with Gasteiger partial charge in [0.05, 0.1) is 4.90 Å². The molecule has 2 rings (SSSR count). The van der Waals surface area contributed by atoms with Gasteiger partial charge < -0.3 is 5.73 Å². The quantitative estimate of drug-likeness (QED) is 0.836. The van der Waals surface area contributed by atoms with Crippen LogP contribution in [-0.2, 0) is 10.0 Å². The summed E-state index contributed by atoms with van der Waals surface area (Å²) in [4.78, 5) is 0.255. The second-order valence-electron chi connectivity index (χ2n) is 4.92. The van der Waals surface area contributed by atoms with Crippen LogP contribution in [0, 0.1) is 6.92 Å². The van der Waals surface area contributed by atoms with Crippen molar-refractivity contribution in [2.75, 3.05) is 18.0 Å². The molecular weight excluding hydrogens is 280 g/mol. The van der Waals surface area contributed by atoms with Crippen molar-refractivity contribution in [2.24, 2.45) is 0 Å². The molecule has 1 fully saturated rings. The lowest BCUT2D eigenvalue weighted by Crippen LogP contribution is -2.32. The molecule has 1 aromatic rings. The highest BCUT2D eigenvalue weighted by Gasteiger charge is 2.19. The predicted molar refractivity (Wildman–Crippen MR) is 80.9 cm³/mol. The average molecular weight is 300 g/mol. The summed E-state index contributed by atoms with van der Waals surface area (Å²) in [6.45, 7) is 2.34. The van der Waals surface area contributed by atoms with Crippen molar-refractivity contribution < 1.29 is 8.42 Å². The van der Waals surface area contributed by atoms with E-state index >= 15 is 0 Å². The third-order valence-corrected chi connectivity index (χ3v) is 5.96. The van der Waals surface area contributed by atoms with Crippen molar-refractivity contribution in [1.29, 1.82) is 0 Å². The lowest BCUT2D eigenvalue weighted by atomic mass is 10.2. The predicted octanol–water partition coefficient (Wildman–Crippen LogP) is 2.14. The minimum absolute atomic E-state index is 0.255. The Bertz CT molecular complexity index is 517. The molecule has 19 heavy (non-hydrogen) atoms. The van der Waals surface area contributed by atoms with E-state index in [-0.39, 0.29) is 4.90 Å². The number of thioether (sulfide) groups is 1. The molecule has 1 saturated heterocycles. The number of nitrogen functional groups attached to an aromatic ring is 1. The summed E-state index contributed by atoms with van der Waals surface area (Å²) in [5.41, 5.74) is 7.03. The maximum absolute atomic E-state index is 12.2. The van der Waals surface area contributed by atoms with E-state index in [1.165, 1.54) is 18.9 Å². The topological polar surface area (TPSA) is 72.2 Å². The molecule has 0 aromatic heterocycles. The Kier molecular flexibility index (Phi) is 4.76. The van der Waals surface area contributed by atoms with Gasteiger partial charge in [0.15, 0.2) is 0 Å². The second kappa shape index (κ2) is 6.15. The van der Waals surface area contributed by atoms with Crippen LogP contribution < -0.4 is 10.5 Å². The summed E-state index contributed by atoms with van der Waals surface area (Å²) in [5.74, 6) is 1.13. The summed E-state index contributed by atoms with van der Waals surface area (Å²) in [7, 11) is -3.45. The SMILES string of the molecule is Cc1cc(N)cc(S(=O)(=O)NCC2CCCCS2)c1. The number of benzene rings is 1. The van der Waals surface area contributed by atoms with E-state index < -0.39 is 10.0 Å². The Morgan fingerprint density at radius 3 is 2.79 bits per heavy atom. The fourth-order valence-electron chi connectivity index (χ4n) is 2.19. The number of sulfonamides is 1. The molecule has 106 valence electrons. The summed E-state index contributed by atoms with van der Waals surface area (Å²) >= 11 is 1.85. The first-order valence-corrected chi connectivity index (χ1v) is 8.99. The Hall–Kier alpha value is -0.720. The molecule has 6 heteroatoms. The highest BCUT2D eigenvalue weighted by atomic mass is 32.2. The van der Waals surface area contributed by atoms with Crippen LogP contribution in [0.4, 0.5) is 5.69 Å². The highest BCUT2D eigenvalue weighted by Crippen LogP contribution is 2.25. The monoisotopic (exact) mass is 300 g/mol. The number of nitrogens with two attached hydrogens (primary N) is 1. The lowest BCUT2D eigenvalue weighted by Gasteiger charge is -2.21. The van der Waals surface area contributed by atoms with E-state index in [4.69, 9.17) is 5.73 Å². The summed E-state index contributed by atoms with van der Waals surface area (Å²) < 4.78 is 27.1. The molecule has 1 heterocycles. The minimum atomic E-state index is -3.45. The van der Waals surface area contributed by atoms with Crippen molar-refractivity contribution in [3.63, 3.8) is 0 Å². The first-order chi connectivity index (χ1) is 8.97. The van der Waals surface area contributed by atoms with E-state index in [0.717, 1.165) is 17.7 Å². The summed E-state index contributed by atoms with van der Waals surface area (Å²) in [5, 5.41) is 0.394. The van der Waals surface area contributed by atoms with Crippen molar-refractivity contribution >= 4 is 27.5 Å². The van der Waals surface area contributed by atoms with Crippen LogP contribution in [0.3, 0.4) is 0 Å². The van der Waals surface area contributed by atoms with Gasteiger partial charge in [-0.05, 0) is 49.3 Å². The average Bonchev–Trinajstić information content (AvgIpc) is 2.37. The fourth-order valence-corrected chi connectivity index (χ4v) is 4.75. The number of anilines is 1. The smallest absolute Gasteiger partial charge is 0.240 e. The number of aryl methyl sites for hydroxylation is 1. The number of hydrogen-bond acceptors (Lipinski definition) is 4. The van der Waals surface area contributed by atoms with Crippen molar-refractivity contribution in [1.82, 2.24) is 4.72 Å². The van der Waals surface area contributed by atoms with Gasteiger partial charge in [-0.3, -0.25) is 0 Å². The molecular formula is C13H20N2O2S2. The highest BCUT2D eigenvalue weighted by molar-refractivity contribution is 8.00. The Morgan fingerprint density at radius 2 is 2.16 bits per heavy atom. The molecule has 1 aliphatic rings. The molecule has 0 bridgehead atoms. The molecule has 1 atom stereocenters. The minimum Gasteiger partial charge on any atom is -0.399 e. The van der Waals surface area contributed by atoms with E-state index in [1.807, 2.05) is 18.7 Å².